The second-order valence-electron chi connectivity index (χ2n) is 4.77. The summed E-state index contributed by atoms with van der Waals surface area (Å²) >= 11 is 5.86. The van der Waals surface area contributed by atoms with Crippen LogP contribution in [-0.2, 0) is 0 Å². The lowest BCUT2D eigenvalue weighted by Crippen LogP contribution is -2.19. The maximum absolute atomic E-state index is 13.2. The van der Waals surface area contributed by atoms with Crippen LogP contribution < -0.4 is 5.32 Å². The Morgan fingerprint density at radius 3 is 2.50 bits per heavy atom. The van der Waals surface area contributed by atoms with Crippen LogP contribution in [0.5, 0.6) is 0 Å². The standard InChI is InChI=1S/C17H19ClFN/c1-3-17(20-4-2)14-7-5-6-12(10-14)13-8-9-16(19)15(18)11-13/h5-11,17,20H,3-4H2,1-2H3. The molecule has 1 atom stereocenters. The first kappa shape index (κ1) is 15.0. The molecule has 1 N–H and O–H groups in total. The lowest BCUT2D eigenvalue weighted by atomic mass is 9.98. The molecule has 0 aromatic heterocycles. The Bertz CT molecular complexity index is 583. The van der Waals surface area contributed by atoms with Gasteiger partial charge in [0.25, 0.3) is 0 Å². The van der Waals surface area contributed by atoms with Crippen molar-refractivity contribution < 1.29 is 4.39 Å². The number of nitrogens with one attached hydrogen (secondary N) is 1. The van der Waals surface area contributed by atoms with E-state index in [2.05, 4.69) is 31.3 Å². The summed E-state index contributed by atoms with van der Waals surface area (Å²) in [6.07, 6.45) is 1.03. The van der Waals surface area contributed by atoms with Gasteiger partial charge in [-0.25, -0.2) is 4.39 Å². The van der Waals surface area contributed by atoms with E-state index in [1.165, 1.54) is 11.6 Å². The molecule has 0 aliphatic carbocycles. The molecule has 0 radical (unpaired) electrons. The van der Waals surface area contributed by atoms with Gasteiger partial charge in [-0.2, -0.15) is 0 Å². The molecule has 0 spiro atoms. The van der Waals surface area contributed by atoms with E-state index in [1.807, 2.05) is 12.1 Å². The highest BCUT2D eigenvalue weighted by Crippen LogP contribution is 2.27. The highest BCUT2D eigenvalue weighted by atomic mass is 35.5. The number of hydrogen-bond acceptors (Lipinski definition) is 1. The van der Waals surface area contributed by atoms with Crippen LogP contribution in [0.2, 0.25) is 5.02 Å². The zero-order valence-corrected chi connectivity index (χ0v) is 12.5. The third-order valence-corrected chi connectivity index (χ3v) is 3.69. The Morgan fingerprint density at radius 1 is 1.10 bits per heavy atom. The topological polar surface area (TPSA) is 12.0 Å². The van der Waals surface area contributed by atoms with E-state index in [0.29, 0.717) is 6.04 Å². The molecule has 0 heterocycles. The van der Waals surface area contributed by atoms with Crippen LogP contribution in [0.25, 0.3) is 11.1 Å². The van der Waals surface area contributed by atoms with E-state index in [9.17, 15) is 4.39 Å². The second kappa shape index (κ2) is 6.87. The largest absolute Gasteiger partial charge is 0.310 e. The van der Waals surface area contributed by atoms with E-state index in [4.69, 9.17) is 11.6 Å². The molecular formula is C17H19ClFN. The molecule has 2 rings (SSSR count). The van der Waals surface area contributed by atoms with Crippen LogP contribution in [0.3, 0.4) is 0 Å². The number of halogens is 2. The van der Waals surface area contributed by atoms with Gasteiger partial charge in [-0.1, -0.05) is 49.7 Å². The maximum Gasteiger partial charge on any atom is 0.141 e. The summed E-state index contributed by atoms with van der Waals surface area (Å²) in [6, 6.07) is 13.5. The second-order valence-corrected chi connectivity index (χ2v) is 5.18. The van der Waals surface area contributed by atoms with Crippen molar-refractivity contribution in [1.82, 2.24) is 5.32 Å². The Balaban J connectivity index is 2.35. The molecule has 1 nitrogen and oxygen atoms in total. The van der Waals surface area contributed by atoms with Crippen molar-refractivity contribution in [3.63, 3.8) is 0 Å². The molecule has 2 aromatic carbocycles. The summed E-state index contributed by atoms with van der Waals surface area (Å²) in [7, 11) is 0. The highest BCUT2D eigenvalue weighted by Gasteiger charge is 2.09. The average Bonchev–Trinajstić information content (AvgIpc) is 2.47. The highest BCUT2D eigenvalue weighted by molar-refractivity contribution is 6.31. The Hall–Kier alpha value is -1.38. The quantitative estimate of drug-likeness (QED) is 0.797. The molecule has 1 unspecified atom stereocenters. The van der Waals surface area contributed by atoms with Crippen molar-refractivity contribution in [2.75, 3.05) is 6.54 Å². The molecule has 106 valence electrons. The lowest BCUT2D eigenvalue weighted by Gasteiger charge is -2.17. The minimum Gasteiger partial charge on any atom is -0.310 e. The summed E-state index contributed by atoms with van der Waals surface area (Å²) in [4.78, 5) is 0. The van der Waals surface area contributed by atoms with Crippen molar-refractivity contribution in [2.45, 2.75) is 26.3 Å². The predicted octanol–water partition coefficient (Wildman–Crippen LogP) is 5.21. The fraction of sp³-hybridized carbons (Fsp3) is 0.294. The van der Waals surface area contributed by atoms with Crippen LogP contribution in [0.4, 0.5) is 4.39 Å². The zero-order valence-electron chi connectivity index (χ0n) is 11.8. The molecular weight excluding hydrogens is 273 g/mol. The van der Waals surface area contributed by atoms with Gasteiger partial charge < -0.3 is 5.32 Å². The number of rotatable bonds is 5. The Morgan fingerprint density at radius 2 is 1.85 bits per heavy atom. The Kier molecular flexibility index (Phi) is 5.16. The molecule has 3 heteroatoms. The summed E-state index contributed by atoms with van der Waals surface area (Å²) in [5.74, 6) is -0.384. The van der Waals surface area contributed by atoms with Crippen LogP contribution in [0.15, 0.2) is 42.5 Å². The van der Waals surface area contributed by atoms with Gasteiger partial charge in [0.05, 0.1) is 5.02 Å². The monoisotopic (exact) mass is 291 g/mol. The van der Waals surface area contributed by atoms with E-state index >= 15 is 0 Å². The third-order valence-electron chi connectivity index (χ3n) is 3.40. The van der Waals surface area contributed by atoms with E-state index in [0.717, 1.165) is 24.1 Å². The molecule has 20 heavy (non-hydrogen) atoms. The average molecular weight is 292 g/mol. The molecule has 2 aromatic rings. The maximum atomic E-state index is 13.2. The predicted molar refractivity (Wildman–Crippen MR) is 83.6 cm³/mol. The van der Waals surface area contributed by atoms with E-state index < -0.39 is 0 Å². The zero-order chi connectivity index (χ0) is 14.5. The van der Waals surface area contributed by atoms with Crippen molar-refractivity contribution in [3.8, 4) is 11.1 Å². The summed E-state index contributed by atoms with van der Waals surface area (Å²) in [5.41, 5.74) is 3.23. The van der Waals surface area contributed by atoms with Gasteiger partial charge in [0.2, 0.25) is 0 Å². The van der Waals surface area contributed by atoms with Crippen molar-refractivity contribution in [3.05, 3.63) is 58.9 Å². The van der Waals surface area contributed by atoms with Crippen LogP contribution in [0, 0.1) is 5.82 Å². The fourth-order valence-corrected chi connectivity index (χ4v) is 2.54. The molecule has 0 aliphatic heterocycles. The van der Waals surface area contributed by atoms with Gasteiger partial charge in [0, 0.05) is 6.04 Å². The summed E-state index contributed by atoms with van der Waals surface area (Å²) in [6.45, 7) is 5.20. The minimum absolute atomic E-state index is 0.159. The van der Waals surface area contributed by atoms with Crippen molar-refractivity contribution >= 4 is 11.6 Å². The third kappa shape index (κ3) is 3.38. The van der Waals surface area contributed by atoms with E-state index in [-0.39, 0.29) is 10.8 Å². The van der Waals surface area contributed by atoms with Crippen LogP contribution >= 0.6 is 11.6 Å². The normalized spacial score (nSPS) is 12.4. The smallest absolute Gasteiger partial charge is 0.141 e. The molecule has 0 saturated heterocycles. The number of benzene rings is 2. The van der Waals surface area contributed by atoms with Crippen molar-refractivity contribution in [2.24, 2.45) is 0 Å². The molecule has 0 amide bonds. The van der Waals surface area contributed by atoms with Gasteiger partial charge in [-0.3, -0.25) is 0 Å². The molecule has 0 fully saturated rings. The van der Waals surface area contributed by atoms with Gasteiger partial charge >= 0.3 is 0 Å². The fourth-order valence-electron chi connectivity index (χ4n) is 2.35. The van der Waals surface area contributed by atoms with Crippen molar-refractivity contribution in [1.29, 1.82) is 0 Å². The van der Waals surface area contributed by atoms with Crippen LogP contribution in [-0.4, -0.2) is 6.54 Å². The Labute approximate surface area is 124 Å². The SMILES string of the molecule is CCNC(CC)c1cccc(-c2ccc(F)c(Cl)c2)c1. The van der Waals surface area contributed by atoms with Gasteiger partial charge in [-0.05, 0) is 47.9 Å². The van der Waals surface area contributed by atoms with Gasteiger partial charge in [-0.15, -0.1) is 0 Å². The molecule has 0 saturated carbocycles. The van der Waals surface area contributed by atoms with E-state index in [1.54, 1.807) is 12.1 Å². The number of hydrogen-bond donors (Lipinski definition) is 1. The lowest BCUT2D eigenvalue weighted by molar-refractivity contribution is 0.537. The summed E-state index contributed by atoms with van der Waals surface area (Å²) in [5, 5.41) is 3.62. The van der Waals surface area contributed by atoms with Gasteiger partial charge in [0.15, 0.2) is 0 Å². The summed E-state index contributed by atoms with van der Waals surface area (Å²) < 4.78 is 13.2. The van der Waals surface area contributed by atoms with Crippen LogP contribution in [0.1, 0.15) is 31.9 Å². The van der Waals surface area contributed by atoms with Gasteiger partial charge in [0.1, 0.15) is 5.82 Å². The first-order valence-electron chi connectivity index (χ1n) is 6.94. The minimum atomic E-state index is -0.384. The first-order valence-corrected chi connectivity index (χ1v) is 7.32. The molecule has 0 bridgehead atoms. The first-order chi connectivity index (χ1) is 9.65. The molecule has 0 aliphatic rings.